The molecular formula is C9H11O4P. The maximum absolute atomic E-state index is 8.57. The zero-order valence-corrected chi connectivity index (χ0v) is 8.66. The number of para-hydroxylation sites is 1. The molecule has 1 heterocycles. The highest BCUT2D eigenvalue weighted by molar-refractivity contribution is 7.42. The first kappa shape index (κ1) is 9.87. The van der Waals surface area contributed by atoms with Gasteiger partial charge < -0.3 is 9.63 Å². The van der Waals surface area contributed by atoms with Gasteiger partial charge in [-0.1, -0.05) is 18.2 Å². The molecule has 0 amide bonds. The lowest BCUT2D eigenvalue weighted by atomic mass is 10.1. The Kier molecular flexibility index (Phi) is 2.99. The molecule has 5 heteroatoms. The van der Waals surface area contributed by atoms with Crippen molar-refractivity contribution in [2.45, 2.75) is 13.5 Å². The molecule has 76 valence electrons. The van der Waals surface area contributed by atoms with Gasteiger partial charge in [0.1, 0.15) is 5.75 Å². The highest BCUT2D eigenvalue weighted by atomic mass is 31.2. The zero-order chi connectivity index (χ0) is 9.97. The number of benzene rings is 1. The molecule has 1 atom stereocenters. The van der Waals surface area contributed by atoms with Crippen LogP contribution in [0.25, 0.3) is 0 Å². The van der Waals surface area contributed by atoms with Crippen LogP contribution in [0.15, 0.2) is 18.2 Å². The molecule has 0 bridgehead atoms. The van der Waals surface area contributed by atoms with Gasteiger partial charge in [-0.3, -0.25) is 9.05 Å². The Morgan fingerprint density at radius 1 is 1.57 bits per heavy atom. The number of rotatable bonds is 2. The predicted molar refractivity (Wildman–Crippen MR) is 51.7 cm³/mol. The minimum absolute atomic E-state index is 0.382. The van der Waals surface area contributed by atoms with Crippen molar-refractivity contribution in [1.82, 2.24) is 0 Å². The highest BCUT2D eigenvalue weighted by Crippen LogP contribution is 2.47. The number of aliphatic hydroxyl groups is 1. The van der Waals surface area contributed by atoms with Gasteiger partial charge in [-0.25, -0.2) is 0 Å². The van der Waals surface area contributed by atoms with E-state index >= 15 is 0 Å². The van der Waals surface area contributed by atoms with Crippen molar-refractivity contribution >= 4 is 8.60 Å². The molecule has 0 saturated heterocycles. The summed E-state index contributed by atoms with van der Waals surface area (Å²) in [7, 11) is -1.42. The van der Waals surface area contributed by atoms with E-state index in [0.29, 0.717) is 6.61 Å². The summed E-state index contributed by atoms with van der Waals surface area (Å²) in [4.78, 5) is 0. The van der Waals surface area contributed by atoms with Gasteiger partial charge in [0, 0.05) is 5.56 Å². The van der Waals surface area contributed by atoms with Gasteiger partial charge in [0.05, 0.1) is 6.61 Å². The first-order valence-electron chi connectivity index (χ1n) is 4.24. The SMILES string of the molecule is Cc1cccc2c1OP(OCO)OC2. The molecule has 2 rings (SSSR count). The van der Waals surface area contributed by atoms with Gasteiger partial charge in [-0.05, 0) is 12.5 Å². The predicted octanol–water partition coefficient (Wildman–Crippen LogP) is 2.10. The quantitative estimate of drug-likeness (QED) is 0.605. The lowest BCUT2D eigenvalue weighted by Gasteiger charge is -2.24. The molecule has 1 aliphatic rings. The topological polar surface area (TPSA) is 47.9 Å². The second-order valence-corrected chi connectivity index (χ2v) is 4.06. The second kappa shape index (κ2) is 4.24. The average Bonchev–Trinajstić information content (AvgIpc) is 2.20. The van der Waals surface area contributed by atoms with Crippen LogP contribution in [0.5, 0.6) is 5.75 Å². The van der Waals surface area contributed by atoms with Crippen molar-refractivity contribution in [1.29, 1.82) is 0 Å². The van der Waals surface area contributed by atoms with E-state index < -0.39 is 8.60 Å². The molecular weight excluding hydrogens is 203 g/mol. The fraction of sp³-hybridized carbons (Fsp3) is 0.333. The lowest BCUT2D eigenvalue weighted by molar-refractivity contribution is 0.0705. The van der Waals surface area contributed by atoms with Crippen LogP contribution in [-0.4, -0.2) is 11.9 Å². The molecule has 0 aliphatic carbocycles. The summed E-state index contributed by atoms with van der Waals surface area (Å²) in [5, 5.41) is 8.57. The van der Waals surface area contributed by atoms with Crippen LogP contribution in [0.2, 0.25) is 0 Å². The Morgan fingerprint density at radius 3 is 3.21 bits per heavy atom. The number of fused-ring (bicyclic) bond motifs is 1. The maximum Gasteiger partial charge on any atom is 0.399 e. The van der Waals surface area contributed by atoms with Crippen molar-refractivity contribution in [3.63, 3.8) is 0 Å². The van der Waals surface area contributed by atoms with Crippen molar-refractivity contribution in [3.8, 4) is 5.75 Å². The van der Waals surface area contributed by atoms with Crippen molar-refractivity contribution < 1.29 is 18.7 Å². The third kappa shape index (κ3) is 1.88. The van der Waals surface area contributed by atoms with Crippen LogP contribution in [0, 0.1) is 6.92 Å². The van der Waals surface area contributed by atoms with E-state index in [4.69, 9.17) is 18.7 Å². The summed E-state index contributed by atoms with van der Waals surface area (Å²) in [5.41, 5.74) is 2.07. The monoisotopic (exact) mass is 214 g/mol. The van der Waals surface area contributed by atoms with Crippen LogP contribution in [-0.2, 0) is 15.7 Å². The molecule has 14 heavy (non-hydrogen) atoms. The Balaban J connectivity index is 2.20. The third-order valence-electron chi connectivity index (χ3n) is 1.95. The minimum atomic E-state index is -1.42. The summed E-state index contributed by atoms with van der Waals surface area (Å²) in [6.07, 6.45) is 0. The minimum Gasteiger partial charge on any atom is -0.426 e. The van der Waals surface area contributed by atoms with Gasteiger partial charge in [-0.15, -0.1) is 0 Å². The maximum atomic E-state index is 8.57. The number of hydrogen-bond acceptors (Lipinski definition) is 4. The summed E-state index contributed by atoms with van der Waals surface area (Å²) in [5.74, 6) is 0.818. The molecule has 4 nitrogen and oxygen atoms in total. The molecule has 1 aromatic rings. The number of aryl methyl sites for hydroxylation is 1. The van der Waals surface area contributed by atoms with Gasteiger partial charge in [0.2, 0.25) is 0 Å². The molecule has 0 aromatic heterocycles. The van der Waals surface area contributed by atoms with E-state index in [2.05, 4.69) is 0 Å². The first-order valence-corrected chi connectivity index (χ1v) is 5.34. The first-order chi connectivity index (χ1) is 6.81. The Bertz CT molecular complexity index is 329. The Hall–Kier alpha value is -0.670. The van der Waals surface area contributed by atoms with E-state index in [1.165, 1.54) is 0 Å². The van der Waals surface area contributed by atoms with Gasteiger partial charge >= 0.3 is 8.60 Å². The summed E-state index contributed by atoms with van der Waals surface area (Å²) >= 11 is 0. The van der Waals surface area contributed by atoms with Crippen LogP contribution in [0.3, 0.4) is 0 Å². The summed E-state index contributed by atoms with van der Waals surface area (Å²) in [6.45, 7) is 2.06. The second-order valence-electron chi connectivity index (χ2n) is 2.91. The molecule has 1 N–H and O–H groups in total. The fourth-order valence-corrected chi connectivity index (χ4v) is 2.22. The molecule has 1 aliphatic heterocycles. The van der Waals surface area contributed by atoms with Crippen LogP contribution < -0.4 is 4.52 Å². The fourth-order valence-electron chi connectivity index (χ4n) is 1.29. The number of aliphatic hydroxyl groups excluding tert-OH is 1. The van der Waals surface area contributed by atoms with Crippen LogP contribution in [0.1, 0.15) is 11.1 Å². The average molecular weight is 214 g/mol. The van der Waals surface area contributed by atoms with E-state index in [0.717, 1.165) is 16.9 Å². The molecule has 0 radical (unpaired) electrons. The molecule has 0 saturated carbocycles. The number of hydrogen-bond donors (Lipinski definition) is 1. The van der Waals surface area contributed by atoms with Crippen LogP contribution >= 0.6 is 8.60 Å². The summed E-state index contributed by atoms with van der Waals surface area (Å²) in [6, 6.07) is 5.88. The molecule has 1 unspecified atom stereocenters. The van der Waals surface area contributed by atoms with Gasteiger partial charge in [0.25, 0.3) is 0 Å². The standard InChI is InChI=1S/C9H11O4P/c1-7-3-2-4-8-5-11-14(12-6-10)13-9(7)8/h2-4,10H,5-6H2,1H3. The van der Waals surface area contributed by atoms with E-state index in [1.54, 1.807) is 0 Å². The largest absolute Gasteiger partial charge is 0.426 e. The summed E-state index contributed by atoms with van der Waals surface area (Å²) < 4.78 is 15.6. The molecule has 0 fully saturated rings. The normalized spacial score (nSPS) is 20.0. The third-order valence-corrected chi connectivity index (χ3v) is 2.95. The van der Waals surface area contributed by atoms with Gasteiger partial charge in [-0.2, -0.15) is 0 Å². The van der Waals surface area contributed by atoms with Crippen molar-refractivity contribution in [2.24, 2.45) is 0 Å². The molecule has 0 spiro atoms. The Morgan fingerprint density at radius 2 is 2.43 bits per heavy atom. The molecule has 1 aromatic carbocycles. The Labute approximate surface area is 83.4 Å². The van der Waals surface area contributed by atoms with Crippen LogP contribution in [0.4, 0.5) is 0 Å². The van der Waals surface area contributed by atoms with Crippen molar-refractivity contribution in [2.75, 3.05) is 6.79 Å². The highest BCUT2D eigenvalue weighted by Gasteiger charge is 2.23. The van der Waals surface area contributed by atoms with E-state index in [-0.39, 0.29) is 6.79 Å². The van der Waals surface area contributed by atoms with E-state index in [9.17, 15) is 0 Å². The van der Waals surface area contributed by atoms with Crippen molar-refractivity contribution in [3.05, 3.63) is 29.3 Å². The van der Waals surface area contributed by atoms with Gasteiger partial charge in [0.15, 0.2) is 6.79 Å². The smallest absolute Gasteiger partial charge is 0.399 e. The zero-order valence-electron chi connectivity index (χ0n) is 7.77. The van der Waals surface area contributed by atoms with E-state index in [1.807, 2.05) is 25.1 Å². The lowest BCUT2D eigenvalue weighted by Crippen LogP contribution is -2.07.